The van der Waals surface area contributed by atoms with Crippen LogP contribution in [0.4, 0.5) is 0 Å². The smallest absolute Gasteiger partial charge is 0.0723 e. The van der Waals surface area contributed by atoms with E-state index in [1.807, 2.05) is 43.4 Å². The van der Waals surface area contributed by atoms with Crippen molar-refractivity contribution in [1.82, 2.24) is 0 Å². The van der Waals surface area contributed by atoms with E-state index in [1.165, 1.54) is 25.7 Å². The lowest BCUT2D eigenvalue weighted by Crippen LogP contribution is -2.01. The third-order valence-electron chi connectivity index (χ3n) is 3.00. The van der Waals surface area contributed by atoms with Crippen molar-refractivity contribution in [1.29, 1.82) is 0 Å². The highest BCUT2D eigenvalue weighted by atomic mass is 16.3. The van der Waals surface area contributed by atoms with Crippen molar-refractivity contribution >= 4 is 0 Å². The molecule has 0 fully saturated rings. The Hall–Kier alpha value is -1.34. The number of aliphatic hydroxyl groups excluding tert-OH is 1. The molecule has 0 aromatic heterocycles. The van der Waals surface area contributed by atoms with Crippen molar-refractivity contribution in [2.45, 2.75) is 58.0 Å². The van der Waals surface area contributed by atoms with Gasteiger partial charge in [0.2, 0.25) is 0 Å². The Morgan fingerprint density at radius 3 is 2.40 bits per heavy atom. The lowest BCUT2D eigenvalue weighted by atomic mass is 10.1. The number of hydrogen-bond acceptors (Lipinski definition) is 1. The molecule has 0 aliphatic rings. The number of rotatable bonds is 12. The predicted octanol–water partition coefficient (Wildman–Crippen LogP) is 5.51. The molecule has 0 heterocycles. The molecule has 20 heavy (non-hydrogen) atoms. The van der Waals surface area contributed by atoms with E-state index in [0.717, 1.165) is 19.3 Å². The van der Waals surface area contributed by atoms with Gasteiger partial charge in [0, 0.05) is 0 Å². The van der Waals surface area contributed by atoms with E-state index < -0.39 is 0 Å². The van der Waals surface area contributed by atoms with Crippen molar-refractivity contribution in [3.8, 4) is 0 Å². The molecular weight excluding hydrogens is 244 g/mol. The van der Waals surface area contributed by atoms with Gasteiger partial charge < -0.3 is 5.11 Å². The molecule has 0 saturated heterocycles. The molecule has 1 heteroatoms. The summed E-state index contributed by atoms with van der Waals surface area (Å²) in [5, 5.41) is 9.68. The number of unbranched alkanes of at least 4 members (excludes halogenated alkanes) is 5. The minimum atomic E-state index is -0.286. The molecule has 0 radical (unpaired) electrons. The van der Waals surface area contributed by atoms with Gasteiger partial charge in [0.25, 0.3) is 0 Å². The van der Waals surface area contributed by atoms with E-state index in [0.29, 0.717) is 0 Å². The zero-order valence-electron chi connectivity index (χ0n) is 12.9. The van der Waals surface area contributed by atoms with Crippen LogP contribution in [0.3, 0.4) is 0 Å². The van der Waals surface area contributed by atoms with Gasteiger partial charge in [-0.3, -0.25) is 0 Å². The Bertz CT molecular complexity index is 321. The molecule has 0 unspecified atom stereocenters. The molecule has 112 valence electrons. The van der Waals surface area contributed by atoms with Crippen LogP contribution in [0.15, 0.2) is 61.3 Å². The maximum Gasteiger partial charge on any atom is 0.0723 e. The summed E-state index contributed by atoms with van der Waals surface area (Å²) in [6, 6.07) is 0. The largest absolute Gasteiger partial charge is 0.389 e. The zero-order valence-corrected chi connectivity index (χ0v) is 12.9. The minimum Gasteiger partial charge on any atom is -0.389 e. The molecule has 0 bridgehead atoms. The second kappa shape index (κ2) is 15.7. The Morgan fingerprint density at radius 2 is 1.65 bits per heavy atom. The summed E-state index contributed by atoms with van der Waals surface area (Å²) >= 11 is 0. The van der Waals surface area contributed by atoms with Crippen molar-refractivity contribution in [3.63, 3.8) is 0 Å². The molecule has 0 aliphatic heterocycles. The number of hydrogen-bond donors (Lipinski definition) is 1. The molecule has 1 nitrogen and oxygen atoms in total. The van der Waals surface area contributed by atoms with Gasteiger partial charge in [-0.25, -0.2) is 0 Å². The fraction of sp³-hybridized carbons (Fsp3) is 0.474. The van der Waals surface area contributed by atoms with Crippen molar-refractivity contribution in [3.05, 3.63) is 61.3 Å². The minimum absolute atomic E-state index is 0.286. The first-order chi connectivity index (χ1) is 9.81. The van der Waals surface area contributed by atoms with Gasteiger partial charge in [-0.1, -0.05) is 86.9 Å². The summed E-state index contributed by atoms with van der Waals surface area (Å²) in [5.74, 6) is 0. The average Bonchev–Trinajstić information content (AvgIpc) is 2.45. The maximum absolute atomic E-state index is 9.68. The lowest BCUT2D eigenvalue weighted by Gasteiger charge is -2.04. The first kappa shape index (κ1) is 18.7. The highest BCUT2D eigenvalue weighted by molar-refractivity contribution is 5.08. The lowest BCUT2D eigenvalue weighted by molar-refractivity contribution is 0.208. The molecule has 0 spiro atoms. The molecule has 1 atom stereocenters. The van der Waals surface area contributed by atoms with Gasteiger partial charge in [0.05, 0.1) is 6.10 Å². The van der Waals surface area contributed by atoms with Gasteiger partial charge in [0.1, 0.15) is 0 Å². The summed E-state index contributed by atoms with van der Waals surface area (Å²) < 4.78 is 0. The highest BCUT2D eigenvalue weighted by Crippen LogP contribution is 2.09. The summed E-state index contributed by atoms with van der Waals surface area (Å²) in [7, 11) is 0. The maximum atomic E-state index is 9.68. The first-order valence-electron chi connectivity index (χ1n) is 7.73. The predicted molar refractivity (Wildman–Crippen MR) is 90.8 cm³/mol. The molecule has 0 saturated carbocycles. The summed E-state index contributed by atoms with van der Waals surface area (Å²) in [6.07, 6.45) is 25.6. The standard InChI is InChI=1S/C19H30O/c1-3-5-7-8-9-10-11-12-13-14-16-18-19(20)17-15-6-4-2/h3-9,15,17,19-20H,1,10-14,16,18H2,2H3/t19-/m1/s1. The van der Waals surface area contributed by atoms with Crippen molar-refractivity contribution in [2.24, 2.45) is 0 Å². The van der Waals surface area contributed by atoms with E-state index >= 15 is 0 Å². The van der Waals surface area contributed by atoms with Crippen molar-refractivity contribution in [2.75, 3.05) is 0 Å². The van der Waals surface area contributed by atoms with Crippen LogP contribution < -0.4 is 0 Å². The van der Waals surface area contributed by atoms with Crippen LogP contribution in [0.5, 0.6) is 0 Å². The van der Waals surface area contributed by atoms with E-state index in [1.54, 1.807) is 6.08 Å². The second-order valence-electron chi connectivity index (χ2n) is 4.87. The van der Waals surface area contributed by atoms with Crippen LogP contribution in [-0.2, 0) is 0 Å². The van der Waals surface area contributed by atoms with Gasteiger partial charge in [-0.2, -0.15) is 0 Å². The van der Waals surface area contributed by atoms with E-state index in [4.69, 9.17) is 0 Å². The monoisotopic (exact) mass is 274 g/mol. The van der Waals surface area contributed by atoms with Crippen LogP contribution >= 0.6 is 0 Å². The van der Waals surface area contributed by atoms with Gasteiger partial charge in [-0.05, 0) is 26.2 Å². The SMILES string of the molecule is C=CC=CC=CCCCCCCC[C@H](O)C=CC=CC. The second-order valence-corrected chi connectivity index (χ2v) is 4.87. The van der Waals surface area contributed by atoms with Gasteiger partial charge >= 0.3 is 0 Å². The van der Waals surface area contributed by atoms with Crippen LogP contribution in [0.1, 0.15) is 51.9 Å². The molecule has 0 aliphatic carbocycles. The van der Waals surface area contributed by atoms with Crippen molar-refractivity contribution < 1.29 is 5.11 Å². The third-order valence-corrected chi connectivity index (χ3v) is 3.00. The number of aliphatic hydroxyl groups is 1. The summed E-state index contributed by atoms with van der Waals surface area (Å²) in [6.45, 7) is 5.60. The van der Waals surface area contributed by atoms with Crippen LogP contribution in [-0.4, -0.2) is 11.2 Å². The Kier molecular flexibility index (Phi) is 14.7. The molecule has 0 amide bonds. The molecule has 0 aromatic rings. The molecular formula is C19H30O. The summed E-state index contributed by atoms with van der Waals surface area (Å²) in [5.41, 5.74) is 0. The van der Waals surface area contributed by atoms with E-state index in [2.05, 4.69) is 18.7 Å². The average molecular weight is 274 g/mol. The third kappa shape index (κ3) is 14.7. The first-order valence-corrected chi connectivity index (χ1v) is 7.73. The topological polar surface area (TPSA) is 20.2 Å². The van der Waals surface area contributed by atoms with Gasteiger partial charge in [0.15, 0.2) is 0 Å². The molecule has 0 aromatic carbocycles. The highest BCUT2D eigenvalue weighted by Gasteiger charge is 1.97. The van der Waals surface area contributed by atoms with E-state index in [-0.39, 0.29) is 6.10 Å². The fourth-order valence-corrected chi connectivity index (χ4v) is 1.86. The Morgan fingerprint density at radius 1 is 0.900 bits per heavy atom. The van der Waals surface area contributed by atoms with Crippen LogP contribution in [0.2, 0.25) is 0 Å². The summed E-state index contributed by atoms with van der Waals surface area (Å²) in [4.78, 5) is 0. The number of allylic oxidation sites excluding steroid dienone is 8. The van der Waals surface area contributed by atoms with Crippen LogP contribution in [0.25, 0.3) is 0 Å². The molecule has 1 N–H and O–H groups in total. The zero-order chi connectivity index (χ0) is 14.9. The van der Waals surface area contributed by atoms with Gasteiger partial charge in [-0.15, -0.1) is 0 Å². The molecule has 0 rings (SSSR count). The Balaban J connectivity index is 3.34. The van der Waals surface area contributed by atoms with Crippen LogP contribution in [0, 0.1) is 0 Å². The quantitative estimate of drug-likeness (QED) is 0.367. The Labute approximate surface area is 125 Å². The fourth-order valence-electron chi connectivity index (χ4n) is 1.86. The normalized spacial score (nSPS) is 14.1. The van der Waals surface area contributed by atoms with E-state index in [9.17, 15) is 5.11 Å².